The molecule has 0 aliphatic heterocycles. The molecule has 0 spiro atoms. The van der Waals surface area contributed by atoms with E-state index in [9.17, 15) is 10.1 Å². The molecule has 3 aliphatic rings. The Hall–Kier alpha value is -1.40. The zero-order chi connectivity index (χ0) is 17.1. The first kappa shape index (κ1) is 17.4. The van der Waals surface area contributed by atoms with Gasteiger partial charge >= 0.3 is 0 Å². The van der Waals surface area contributed by atoms with E-state index in [4.69, 9.17) is 4.74 Å². The number of carbonyl (C=O) groups is 1. The molecule has 0 aromatic rings. The number of nitrogens with zero attached hydrogens (tertiary/aromatic N) is 1. The third kappa shape index (κ3) is 3.49. The highest BCUT2D eigenvalue weighted by Crippen LogP contribution is 2.51. The SMILES string of the molecule is C=C(C#N)C1C2C=CC(C2)C1C(=O)CCC1CCC(COC)CC1. The lowest BCUT2D eigenvalue weighted by molar-refractivity contribution is -0.125. The minimum Gasteiger partial charge on any atom is -0.384 e. The summed E-state index contributed by atoms with van der Waals surface area (Å²) >= 11 is 0. The van der Waals surface area contributed by atoms with Gasteiger partial charge in [0.2, 0.25) is 0 Å². The van der Waals surface area contributed by atoms with Gasteiger partial charge in [-0.25, -0.2) is 0 Å². The van der Waals surface area contributed by atoms with Crippen LogP contribution in [0.1, 0.15) is 44.9 Å². The number of rotatable bonds is 7. The summed E-state index contributed by atoms with van der Waals surface area (Å²) in [6, 6.07) is 2.21. The molecule has 3 nitrogen and oxygen atoms in total. The van der Waals surface area contributed by atoms with E-state index in [0.717, 1.165) is 19.4 Å². The molecule has 0 aromatic heterocycles. The second-order valence-electron chi connectivity index (χ2n) is 7.98. The van der Waals surface area contributed by atoms with Crippen molar-refractivity contribution in [1.29, 1.82) is 5.26 Å². The summed E-state index contributed by atoms with van der Waals surface area (Å²) < 4.78 is 5.26. The van der Waals surface area contributed by atoms with Crippen LogP contribution in [0.2, 0.25) is 0 Å². The minimum absolute atomic E-state index is 0.0111. The van der Waals surface area contributed by atoms with E-state index in [-0.39, 0.29) is 11.8 Å². The lowest BCUT2D eigenvalue weighted by atomic mass is 9.74. The fraction of sp³-hybridized carbons (Fsp3) is 0.714. The quantitative estimate of drug-likeness (QED) is 0.517. The molecule has 0 N–H and O–H groups in total. The number of hydrogen-bond acceptors (Lipinski definition) is 3. The molecule has 0 radical (unpaired) electrons. The lowest BCUT2D eigenvalue weighted by Crippen LogP contribution is -2.29. The summed E-state index contributed by atoms with van der Waals surface area (Å²) in [4.78, 5) is 12.9. The van der Waals surface area contributed by atoms with Crippen LogP contribution in [-0.4, -0.2) is 19.5 Å². The first-order valence-corrected chi connectivity index (χ1v) is 9.43. The molecule has 4 unspecified atom stereocenters. The van der Waals surface area contributed by atoms with Crippen LogP contribution in [0.15, 0.2) is 24.3 Å². The van der Waals surface area contributed by atoms with Gasteiger partial charge in [0.05, 0.1) is 6.07 Å². The van der Waals surface area contributed by atoms with Crippen LogP contribution < -0.4 is 0 Å². The molecular formula is C21H29NO2. The Bertz CT molecular complexity index is 551. The minimum atomic E-state index is 0.0111. The molecular weight excluding hydrogens is 298 g/mol. The van der Waals surface area contributed by atoms with E-state index in [1.54, 1.807) is 7.11 Å². The first-order chi connectivity index (χ1) is 11.6. The average molecular weight is 327 g/mol. The molecule has 24 heavy (non-hydrogen) atoms. The van der Waals surface area contributed by atoms with E-state index >= 15 is 0 Å². The van der Waals surface area contributed by atoms with Crippen LogP contribution in [-0.2, 0) is 9.53 Å². The molecule has 3 rings (SSSR count). The van der Waals surface area contributed by atoms with E-state index in [0.29, 0.717) is 41.4 Å². The number of hydrogen-bond donors (Lipinski definition) is 0. The third-order valence-corrected chi connectivity index (χ3v) is 6.54. The van der Waals surface area contributed by atoms with Gasteiger partial charge in [-0.1, -0.05) is 31.6 Å². The molecule has 2 bridgehead atoms. The summed E-state index contributed by atoms with van der Waals surface area (Å²) in [6.07, 6.45) is 12.0. The van der Waals surface area contributed by atoms with Gasteiger partial charge in [0.25, 0.3) is 0 Å². The second kappa shape index (κ2) is 7.66. The number of fused-ring (bicyclic) bond motifs is 2. The van der Waals surface area contributed by atoms with Gasteiger partial charge in [0.15, 0.2) is 0 Å². The van der Waals surface area contributed by atoms with E-state index in [1.807, 2.05) is 0 Å². The summed E-state index contributed by atoms with van der Waals surface area (Å²) in [7, 11) is 1.78. The number of ketones is 1. The van der Waals surface area contributed by atoms with Crippen molar-refractivity contribution in [3.8, 4) is 6.07 Å². The number of methoxy groups -OCH3 is 1. The van der Waals surface area contributed by atoms with Gasteiger partial charge < -0.3 is 4.74 Å². The van der Waals surface area contributed by atoms with Crippen molar-refractivity contribution in [3.63, 3.8) is 0 Å². The highest BCUT2D eigenvalue weighted by molar-refractivity contribution is 5.83. The highest BCUT2D eigenvalue weighted by atomic mass is 16.5. The van der Waals surface area contributed by atoms with Crippen molar-refractivity contribution >= 4 is 5.78 Å². The number of allylic oxidation sites excluding steroid dienone is 3. The fourth-order valence-electron chi connectivity index (χ4n) is 5.25. The number of ether oxygens (including phenoxy) is 1. The average Bonchev–Trinajstić information content (AvgIpc) is 3.21. The van der Waals surface area contributed by atoms with Crippen LogP contribution in [0.5, 0.6) is 0 Å². The first-order valence-electron chi connectivity index (χ1n) is 9.43. The molecule has 3 aliphatic carbocycles. The monoisotopic (exact) mass is 327 g/mol. The van der Waals surface area contributed by atoms with Gasteiger partial charge in [0.1, 0.15) is 5.78 Å². The highest BCUT2D eigenvalue weighted by Gasteiger charge is 2.48. The Morgan fingerprint density at radius 1 is 1.17 bits per heavy atom. The Morgan fingerprint density at radius 2 is 1.79 bits per heavy atom. The van der Waals surface area contributed by atoms with Crippen LogP contribution in [0, 0.1) is 46.8 Å². The largest absolute Gasteiger partial charge is 0.384 e. The second-order valence-corrected chi connectivity index (χ2v) is 7.98. The van der Waals surface area contributed by atoms with Crippen molar-refractivity contribution in [2.45, 2.75) is 44.9 Å². The topological polar surface area (TPSA) is 50.1 Å². The molecule has 0 amide bonds. The van der Waals surface area contributed by atoms with Crippen molar-refractivity contribution < 1.29 is 9.53 Å². The van der Waals surface area contributed by atoms with Crippen LogP contribution in [0.25, 0.3) is 0 Å². The van der Waals surface area contributed by atoms with Crippen LogP contribution in [0.3, 0.4) is 0 Å². The van der Waals surface area contributed by atoms with E-state index in [2.05, 4.69) is 24.8 Å². The van der Waals surface area contributed by atoms with Gasteiger partial charge in [-0.15, -0.1) is 0 Å². The molecule has 0 saturated heterocycles. The molecule has 3 heteroatoms. The Kier molecular flexibility index (Phi) is 5.56. The number of Topliss-reactive ketones (excluding diaryl/α,β-unsaturated/α-hetero) is 1. The third-order valence-electron chi connectivity index (χ3n) is 6.54. The van der Waals surface area contributed by atoms with Crippen molar-refractivity contribution in [3.05, 3.63) is 24.3 Å². The maximum Gasteiger partial charge on any atom is 0.137 e. The molecule has 2 fully saturated rings. The maximum absolute atomic E-state index is 12.9. The zero-order valence-corrected chi connectivity index (χ0v) is 14.7. The number of carbonyl (C=O) groups excluding carboxylic acids is 1. The molecule has 4 atom stereocenters. The Morgan fingerprint density at radius 3 is 2.42 bits per heavy atom. The van der Waals surface area contributed by atoms with Crippen LogP contribution >= 0.6 is 0 Å². The number of nitriles is 1. The Balaban J connectivity index is 1.51. The van der Waals surface area contributed by atoms with Gasteiger partial charge in [-0.2, -0.15) is 5.26 Å². The zero-order valence-electron chi connectivity index (χ0n) is 14.7. The predicted molar refractivity (Wildman–Crippen MR) is 94.0 cm³/mol. The fourth-order valence-corrected chi connectivity index (χ4v) is 5.25. The van der Waals surface area contributed by atoms with E-state index in [1.165, 1.54) is 25.7 Å². The van der Waals surface area contributed by atoms with Crippen LogP contribution in [0.4, 0.5) is 0 Å². The van der Waals surface area contributed by atoms with Gasteiger partial charge in [-0.05, 0) is 49.4 Å². The maximum atomic E-state index is 12.9. The molecule has 0 aromatic carbocycles. The van der Waals surface area contributed by atoms with Crippen molar-refractivity contribution in [1.82, 2.24) is 0 Å². The smallest absolute Gasteiger partial charge is 0.137 e. The summed E-state index contributed by atoms with van der Waals surface area (Å²) in [5.41, 5.74) is 0.602. The van der Waals surface area contributed by atoms with Gasteiger partial charge in [0, 0.05) is 37.5 Å². The standard InChI is InChI=1S/C21H29NO2/c1-14(12-22)20-17-8-9-18(11-17)21(20)19(23)10-7-15-3-5-16(6-4-15)13-24-2/h8-9,15-18,20-21H,1,3-7,10-11,13H2,2H3. The van der Waals surface area contributed by atoms with E-state index < -0.39 is 0 Å². The summed E-state index contributed by atoms with van der Waals surface area (Å²) in [5.74, 6) is 2.55. The predicted octanol–water partition coefficient (Wildman–Crippen LogP) is 4.31. The van der Waals surface area contributed by atoms with Crippen molar-refractivity contribution in [2.75, 3.05) is 13.7 Å². The Labute approximate surface area is 145 Å². The van der Waals surface area contributed by atoms with Crippen molar-refractivity contribution in [2.24, 2.45) is 35.5 Å². The summed E-state index contributed by atoms with van der Waals surface area (Å²) in [6.45, 7) is 4.80. The normalized spacial score (nSPS) is 37.3. The van der Waals surface area contributed by atoms with Gasteiger partial charge in [-0.3, -0.25) is 4.79 Å². The molecule has 0 heterocycles. The summed E-state index contributed by atoms with van der Waals surface area (Å²) in [5, 5.41) is 9.23. The molecule has 2 saturated carbocycles. The lowest BCUT2D eigenvalue weighted by Gasteiger charge is -2.29. The molecule has 130 valence electrons.